The van der Waals surface area contributed by atoms with E-state index < -0.39 is 29.1 Å². The van der Waals surface area contributed by atoms with Crippen molar-refractivity contribution < 1.29 is 27.1 Å². The van der Waals surface area contributed by atoms with Gasteiger partial charge in [0.15, 0.2) is 5.69 Å². The number of halogens is 3. The highest BCUT2D eigenvalue weighted by molar-refractivity contribution is 7.16. The Hall–Kier alpha value is -4.04. The van der Waals surface area contributed by atoms with Gasteiger partial charge in [-0.1, -0.05) is 65.3 Å². The monoisotopic (exact) mass is 613 g/mol. The predicted octanol–water partition coefficient (Wildman–Crippen LogP) is 5.44. The second kappa shape index (κ2) is 11.2. The molecule has 0 saturated heterocycles. The summed E-state index contributed by atoms with van der Waals surface area (Å²) < 4.78 is 53.3. The molecule has 2 unspecified atom stereocenters. The largest absolute Gasteiger partial charge is 0.402 e. The minimum atomic E-state index is -4.44. The van der Waals surface area contributed by atoms with Crippen LogP contribution in [-0.2, 0) is 14.9 Å². The zero-order valence-corrected chi connectivity index (χ0v) is 24.3. The molecule has 0 radical (unpaired) electrons. The average molecular weight is 614 g/mol. The van der Waals surface area contributed by atoms with Crippen LogP contribution in [0.1, 0.15) is 43.2 Å². The summed E-state index contributed by atoms with van der Waals surface area (Å²) in [4.78, 5) is 22.5. The SMILES string of the molecule is COCCNc1sc(C2(C(F)(F)F)CCC2)nc1-c1nnc(NC2N=C(c3ccccc3)C3(C)CC=CC=C3NC2=O)o1. The number of nitrogens with one attached hydrogen (secondary N) is 3. The molecule has 43 heavy (non-hydrogen) atoms. The number of methoxy groups -OCH3 is 1. The Morgan fingerprint density at radius 2 is 2.00 bits per heavy atom. The van der Waals surface area contributed by atoms with Crippen molar-refractivity contribution in [2.75, 3.05) is 30.9 Å². The fourth-order valence-electron chi connectivity index (χ4n) is 5.48. The van der Waals surface area contributed by atoms with Crippen LogP contribution in [-0.4, -0.2) is 59.4 Å². The summed E-state index contributed by atoms with van der Waals surface area (Å²) in [6, 6.07) is 9.46. The lowest BCUT2D eigenvalue weighted by atomic mass is 9.68. The van der Waals surface area contributed by atoms with Crippen LogP contribution in [0.15, 0.2) is 63.7 Å². The third-order valence-corrected chi connectivity index (χ3v) is 9.34. The van der Waals surface area contributed by atoms with Gasteiger partial charge in [-0.2, -0.15) is 13.2 Å². The molecule has 0 spiro atoms. The molecule has 2 aromatic heterocycles. The van der Waals surface area contributed by atoms with Crippen LogP contribution >= 0.6 is 11.3 Å². The predicted molar refractivity (Wildman–Crippen MR) is 156 cm³/mol. The normalized spacial score (nSPS) is 22.9. The molecule has 2 atom stereocenters. The van der Waals surface area contributed by atoms with Crippen molar-refractivity contribution in [2.24, 2.45) is 10.4 Å². The molecular formula is C29H30F3N7O3S. The fraction of sp³-hybridized carbons (Fsp3) is 0.414. The maximum Gasteiger partial charge on any atom is 0.400 e. The number of carbonyl (C=O) groups excluding carboxylic acids is 1. The summed E-state index contributed by atoms with van der Waals surface area (Å²) in [5.41, 5.74) is -0.192. The molecule has 3 aromatic rings. The molecule has 2 aliphatic carbocycles. The average Bonchev–Trinajstić information content (AvgIpc) is 3.56. The lowest BCUT2D eigenvalue weighted by Gasteiger charge is -2.41. The topological polar surface area (TPSA) is 127 Å². The lowest BCUT2D eigenvalue weighted by Crippen LogP contribution is -2.47. The van der Waals surface area contributed by atoms with Crippen molar-refractivity contribution in [1.82, 2.24) is 20.5 Å². The number of alkyl halides is 3. The van der Waals surface area contributed by atoms with Crippen molar-refractivity contribution >= 4 is 34.0 Å². The molecule has 6 rings (SSSR count). The molecule has 1 amide bonds. The molecule has 1 saturated carbocycles. The van der Waals surface area contributed by atoms with Crippen LogP contribution in [0.2, 0.25) is 0 Å². The molecule has 3 aliphatic rings. The number of nitrogens with zero attached hydrogens (tertiary/aromatic N) is 4. The van der Waals surface area contributed by atoms with Crippen molar-refractivity contribution in [1.29, 1.82) is 0 Å². The van der Waals surface area contributed by atoms with Crippen molar-refractivity contribution in [3.05, 3.63) is 64.8 Å². The molecule has 3 N–H and O–H groups in total. The summed E-state index contributed by atoms with van der Waals surface area (Å²) in [7, 11) is 1.53. The van der Waals surface area contributed by atoms with Gasteiger partial charge in [-0.05, 0) is 37.8 Å². The van der Waals surface area contributed by atoms with Crippen LogP contribution in [0.25, 0.3) is 11.6 Å². The second-order valence-electron chi connectivity index (χ2n) is 10.9. The van der Waals surface area contributed by atoms with Crippen LogP contribution in [0.4, 0.5) is 24.2 Å². The number of hydrogen-bond donors (Lipinski definition) is 3. The molecule has 14 heteroatoms. The van der Waals surface area contributed by atoms with E-state index in [9.17, 15) is 18.0 Å². The first-order valence-electron chi connectivity index (χ1n) is 13.9. The van der Waals surface area contributed by atoms with E-state index in [0.29, 0.717) is 36.7 Å². The quantitative estimate of drug-likeness (QED) is 0.272. The zero-order chi connectivity index (χ0) is 30.2. The highest BCUT2D eigenvalue weighted by Gasteiger charge is 2.61. The minimum absolute atomic E-state index is 0.0268. The van der Waals surface area contributed by atoms with Gasteiger partial charge in [-0.15, -0.1) is 5.10 Å². The van der Waals surface area contributed by atoms with E-state index in [4.69, 9.17) is 14.1 Å². The Bertz CT molecular complexity index is 1590. The molecule has 1 fully saturated rings. The summed E-state index contributed by atoms with van der Waals surface area (Å²) >= 11 is 0.927. The number of ether oxygens (including phenoxy) is 1. The molecule has 226 valence electrons. The van der Waals surface area contributed by atoms with E-state index in [1.54, 1.807) is 0 Å². The number of anilines is 2. The first-order chi connectivity index (χ1) is 20.6. The Morgan fingerprint density at radius 3 is 2.70 bits per heavy atom. The van der Waals surface area contributed by atoms with E-state index in [2.05, 4.69) is 31.1 Å². The number of rotatable bonds is 9. The number of carbonyl (C=O) groups is 1. The van der Waals surface area contributed by atoms with Gasteiger partial charge >= 0.3 is 12.2 Å². The molecule has 3 heterocycles. The van der Waals surface area contributed by atoms with Crippen LogP contribution in [0.5, 0.6) is 0 Å². The van der Waals surface area contributed by atoms with Crippen molar-refractivity contribution in [3.8, 4) is 11.6 Å². The number of aliphatic imine (C=N–C) groups is 1. The van der Waals surface area contributed by atoms with E-state index in [1.165, 1.54) is 7.11 Å². The molecule has 1 aliphatic heterocycles. The summed E-state index contributed by atoms with van der Waals surface area (Å²) in [5, 5.41) is 17.4. The minimum Gasteiger partial charge on any atom is -0.402 e. The van der Waals surface area contributed by atoms with Gasteiger partial charge in [-0.3, -0.25) is 9.79 Å². The number of fused-ring (bicyclic) bond motifs is 1. The third-order valence-electron chi connectivity index (χ3n) is 8.12. The molecule has 0 bridgehead atoms. The first kappa shape index (κ1) is 29.1. The van der Waals surface area contributed by atoms with E-state index in [-0.39, 0.29) is 35.4 Å². The second-order valence-corrected chi connectivity index (χ2v) is 11.9. The Labute approximate surface area is 249 Å². The maximum atomic E-state index is 14.1. The van der Waals surface area contributed by atoms with Gasteiger partial charge in [0.1, 0.15) is 15.4 Å². The number of benzene rings is 1. The summed E-state index contributed by atoms with van der Waals surface area (Å²) in [6.07, 6.45) is 1.27. The van der Waals surface area contributed by atoms with Gasteiger partial charge in [0.25, 0.3) is 11.8 Å². The molecule has 1 aromatic carbocycles. The fourth-order valence-corrected chi connectivity index (χ4v) is 6.73. The van der Waals surface area contributed by atoms with Gasteiger partial charge in [-0.25, -0.2) is 4.98 Å². The molecule has 10 nitrogen and oxygen atoms in total. The smallest absolute Gasteiger partial charge is 0.400 e. The van der Waals surface area contributed by atoms with Gasteiger partial charge in [0, 0.05) is 19.4 Å². The van der Waals surface area contributed by atoms with E-state index >= 15 is 0 Å². The number of thiazole rings is 1. The van der Waals surface area contributed by atoms with Crippen LogP contribution < -0.4 is 16.0 Å². The highest BCUT2D eigenvalue weighted by atomic mass is 32.1. The van der Waals surface area contributed by atoms with Gasteiger partial charge in [0.05, 0.1) is 17.7 Å². The van der Waals surface area contributed by atoms with Crippen LogP contribution in [0.3, 0.4) is 0 Å². The van der Waals surface area contributed by atoms with Crippen molar-refractivity contribution in [2.45, 2.75) is 50.4 Å². The molecular weight excluding hydrogens is 583 g/mol. The van der Waals surface area contributed by atoms with Gasteiger partial charge in [0.2, 0.25) is 6.17 Å². The number of aromatic nitrogens is 3. The van der Waals surface area contributed by atoms with E-state index in [1.807, 2.05) is 55.5 Å². The lowest BCUT2D eigenvalue weighted by molar-refractivity contribution is -0.212. The Morgan fingerprint density at radius 1 is 1.21 bits per heavy atom. The Balaban J connectivity index is 1.33. The maximum absolute atomic E-state index is 14.1. The third kappa shape index (κ3) is 5.22. The van der Waals surface area contributed by atoms with Crippen molar-refractivity contribution in [3.63, 3.8) is 0 Å². The van der Waals surface area contributed by atoms with Gasteiger partial charge < -0.3 is 25.1 Å². The zero-order valence-electron chi connectivity index (χ0n) is 23.5. The Kier molecular flexibility index (Phi) is 7.59. The number of hydrogen-bond acceptors (Lipinski definition) is 10. The summed E-state index contributed by atoms with van der Waals surface area (Å²) in [5.74, 6) is -0.510. The first-order valence-corrected chi connectivity index (χ1v) is 14.7. The standard InChI is InChI=1S/C29H30F3N7O3S/c1-27-12-7-6-11-18(27)34-22(40)21(36-20(27)17-9-4-3-5-10-17)37-26-39-38-23(42-26)19-24(33-15-16-41-2)43-25(35-19)28(13-8-14-28)29(30,31)32/h3-7,9-11,21,33H,8,12-16H2,1-2H3,(H,34,40)(H,37,39). The number of amides is 1. The van der Waals surface area contributed by atoms with Crippen LogP contribution in [0, 0.1) is 5.41 Å². The van der Waals surface area contributed by atoms with E-state index in [0.717, 1.165) is 22.6 Å². The number of allylic oxidation sites excluding steroid dienone is 4. The highest BCUT2D eigenvalue weighted by Crippen LogP contribution is 2.56. The summed E-state index contributed by atoms with van der Waals surface area (Å²) in [6.45, 7) is 2.69.